The molecule has 4 rings (SSSR count). The van der Waals surface area contributed by atoms with E-state index in [2.05, 4.69) is 10.3 Å². The van der Waals surface area contributed by atoms with Crippen LogP contribution in [0.25, 0.3) is 10.9 Å². The molecule has 1 N–H and O–H groups in total. The van der Waals surface area contributed by atoms with E-state index in [0.29, 0.717) is 22.3 Å². The predicted octanol–water partition coefficient (Wildman–Crippen LogP) is 1.69. The zero-order valence-corrected chi connectivity index (χ0v) is 14.1. The number of benzene rings is 2. The van der Waals surface area contributed by atoms with Gasteiger partial charge < -0.3 is 5.32 Å². The van der Waals surface area contributed by atoms with Crippen LogP contribution in [0.3, 0.4) is 0 Å². The van der Waals surface area contributed by atoms with Crippen LogP contribution < -0.4 is 15.8 Å². The van der Waals surface area contributed by atoms with E-state index in [9.17, 15) is 14.4 Å². The Morgan fingerprint density at radius 3 is 2.81 bits per heavy atom. The quantitative estimate of drug-likeness (QED) is 0.764. The van der Waals surface area contributed by atoms with Gasteiger partial charge in [-0.1, -0.05) is 24.3 Å². The molecule has 7 nitrogen and oxygen atoms in total. The van der Waals surface area contributed by atoms with E-state index < -0.39 is 0 Å². The van der Waals surface area contributed by atoms with Gasteiger partial charge in [0.15, 0.2) is 0 Å². The molecule has 0 radical (unpaired) electrons. The Balaban J connectivity index is 1.69. The van der Waals surface area contributed by atoms with Crippen molar-refractivity contribution in [2.45, 2.75) is 13.5 Å². The molecular formula is C19H16N4O3. The van der Waals surface area contributed by atoms with Crippen LogP contribution in [-0.4, -0.2) is 27.9 Å². The molecule has 0 saturated heterocycles. The minimum Gasteiger partial charge on any atom is -0.323 e. The van der Waals surface area contributed by atoms with Crippen molar-refractivity contribution in [2.24, 2.45) is 0 Å². The number of aromatic nitrogens is 2. The Kier molecular flexibility index (Phi) is 3.76. The summed E-state index contributed by atoms with van der Waals surface area (Å²) >= 11 is 0. The third-order valence-electron chi connectivity index (χ3n) is 4.43. The first-order valence-corrected chi connectivity index (χ1v) is 8.18. The Hall–Kier alpha value is -3.48. The summed E-state index contributed by atoms with van der Waals surface area (Å²) in [5.74, 6) is -0.611. The van der Waals surface area contributed by atoms with E-state index in [1.807, 2.05) is 13.0 Å². The molecule has 2 heterocycles. The van der Waals surface area contributed by atoms with Gasteiger partial charge in [0.25, 0.3) is 5.56 Å². The molecule has 7 heteroatoms. The van der Waals surface area contributed by atoms with Crippen LogP contribution in [0.15, 0.2) is 53.6 Å². The topological polar surface area (TPSA) is 84.3 Å². The van der Waals surface area contributed by atoms with E-state index in [0.717, 1.165) is 5.56 Å². The summed E-state index contributed by atoms with van der Waals surface area (Å²) in [6.45, 7) is 1.62. The molecule has 130 valence electrons. The highest BCUT2D eigenvalue weighted by Gasteiger charge is 2.26. The molecule has 0 fully saturated rings. The van der Waals surface area contributed by atoms with Crippen LogP contribution in [0.5, 0.6) is 0 Å². The molecule has 0 atom stereocenters. The largest absolute Gasteiger partial charge is 0.323 e. The van der Waals surface area contributed by atoms with Crippen LogP contribution in [0.1, 0.15) is 5.56 Å². The van der Waals surface area contributed by atoms with Gasteiger partial charge in [-0.05, 0) is 30.7 Å². The van der Waals surface area contributed by atoms with Crippen LogP contribution >= 0.6 is 0 Å². The number of amides is 2. The summed E-state index contributed by atoms with van der Waals surface area (Å²) in [5.41, 5.74) is 2.46. The maximum Gasteiger partial charge on any atom is 0.261 e. The average Bonchev–Trinajstić information content (AvgIpc) is 2.63. The number of nitrogens with zero attached hydrogens (tertiary/aromatic N) is 3. The van der Waals surface area contributed by atoms with Gasteiger partial charge in [-0.2, -0.15) is 0 Å². The number of fused-ring (bicyclic) bond motifs is 2. The zero-order chi connectivity index (χ0) is 18.3. The normalized spacial score (nSPS) is 13.4. The van der Waals surface area contributed by atoms with Crippen molar-refractivity contribution in [3.8, 4) is 0 Å². The Bertz CT molecular complexity index is 1100. The number of para-hydroxylation sites is 3. The van der Waals surface area contributed by atoms with Crippen molar-refractivity contribution in [1.29, 1.82) is 0 Å². The lowest BCUT2D eigenvalue weighted by atomic mass is 10.1. The maximum absolute atomic E-state index is 12.8. The molecule has 26 heavy (non-hydrogen) atoms. The minimum atomic E-state index is -0.344. The predicted molar refractivity (Wildman–Crippen MR) is 98.2 cm³/mol. The summed E-state index contributed by atoms with van der Waals surface area (Å²) < 4.78 is 1.28. The molecule has 3 aromatic rings. The Labute approximate surface area is 148 Å². The van der Waals surface area contributed by atoms with Gasteiger partial charge >= 0.3 is 0 Å². The molecule has 1 aliphatic rings. The van der Waals surface area contributed by atoms with E-state index in [4.69, 9.17) is 0 Å². The first kappa shape index (κ1) is 16.0. The lowest BCUT2D eigenvalue weighted by Crippen LogP contribution is -2.44. The molecule has 0 bridgehead atoms. The second-order valence-electron chi connectivity index (χ2n) is 6.19. The lowest BCUT2D eigenvalue weighted by Gasteiger charge is -2.29. The highest BCUT2D eigenvalue weighted by molar-refractivity contribution is 6.09. The van der Waals surface area contributed by atoms with Crippen molar-refractivity contribution in [1.82, 2.24) is 9.55 Å². The van der Waals surface area contributed by atoms with Crippen molar-refractivity contribution >= 4 is 34.1 Å². The first-order chi connectivity index (χ1) is 12.5. The van der Waals surface area contributed by atoms with Gasteiger partial charge in [0, 0.05) is 0 Å². The summed E-state index contributed by atoms with van der Waals surface area (Å²) in [6.07, 6.45) is 1.38. The number of carbonyl (C=O) groups excluding carboxylic acids is 2. The molecule has 0 aliphatic carbocycles. The van der Waals surface area contributed by atoms with Gasteiger partial charge in [0.1, 0.15) is 13.1 Å². The third kappa shape index (κ3) is 2.63. The van der Waals surface area contributed by atoms with E-state index in [1.54, 1.807) is 36.4 Å². The molecule has 0 unspecified atom stereocenters. The molecule has 1 aliphatic heterocycles. The van der Waals surface area contributed by atoms with Crippen LogP contribution in [0.2, 0.25) is 0 Å². The average molecular weight is 348 g/mol. The van der Waals surface area contributed by atoms with Gasteiger partial charge in [0.2, 0.25) is 11.8 Å². The monoisotopic (exact) mass is 348 g/mol. The smallest absolute Gasteiger partial charge is 0.261 e. The number of hydrogen-bond donors (Lipinski definition) is 1. The van der Waals surface area contributed by atoms with E-state index in [1.165, 1.54) is 15.8 Å². The van der Waals surface area contributed by atoms with Crippen LogP contribution in [0.4, 0.5) is 11.4 Å². The Morgan fingerprint density at radius 1 is 1.15 bits per heavy atom. The number of anilines is 2. The fraction of sp³-hybridized carbons (Fsp3) is 0.158. The van der Waals surface area contributed by atoms with E-state index >= 15 is 0 Å². The number of carbonyl (C=O) groups is 2. The van der Waals surface area contributed by atoms with Gasteiger partial charge in [0.05, 0.1) is 28.6 Å². The molecule has 2 amide bonds. The minimum absolute atomic E-state index is 0.0787. The van der Waals surface area contributed by atoms with Crippen LogP contribution in [-0.2, 0) is 16.1 Å². The van der Waals surface area contributed by atoms with Gasteiger partial charge in [-0.15, -0.1) is 0 Å². The van der Waals surface area contributed by atoms with Gasteiger partial charge in [-0.3, -0.25) is 23.9 Å². The van der Waals surface area contributed by atoms with Crippen molar-refractivity contribution in [2.75, 3.05) is 16.8 Å². The molecular weight excluding hydrogens is 332 g/mol. The summed E-state index contributed by atoms with van der Waals surface area (Å²) in [5, 5.41) is 3.21. The van der Waals surface area contributed by atoms with E-state index in [-0.39, 0.29) is 30.5 Å². The van der Waals surface area contributed by atoms with Crippen molar-refractivity contribution < 1.29 is 9.59 Å². The zero-order valence-electron chi connectivity index (χ0n) is 14.1. The van der Waals surface area contributed by atoms with Crippen molar-refractivity contribution in [3.63, 3.8) is 0 Å². The summed E-state index contributed by atoms with van der Waals surface area (Å²) in [4.78, 5) is 43.1. The number of hydrogen-bond acceptors (Lipinski definition) is 4. The highest BCUT2D eigenvalue weighted by atomic mass is 16.2. The fourth-order valence-corrected chi connectivity index (χ4v) is 3.14. The van der Waals surface area contributed by atoms with Gasteiger partial charge in [-0.25, -0.2) is 4.98 Å². The SMILES string of the molecule is Cc1cccc2c(=O)n(CC(=O)N3CC(=O)Nc4ccccc43)cnc12. The fourth-order valence-electron chi connectivity index (χ4n) is 3.14. The lowest BCUT2D eigenvalue weighted by molar-refractivity contribution is -0.122. The molecule has 0 saturated carbocycles. The standard InChI is InChI=1S/C19H16N4O3/c1-12-5-4-6-13-18(12)20-11-22(19(13)26)10-17(25)23-9-16(24)21-14-7-2-3-8-15(14)23/h2-8,11H,9-10H2,1H3,(H,21,24). The maximum atomic E-state index is 12.8. The number of nitrogens with one attached hydrogen (secondary N) is 1. The Morgan fingerprint density at radius 2 is 1.96 bits per heavy atom. The first-order valence-electron chi connectivity index (χ1n) is 8.18. The highest BCUT2D eigenvalue weighted by Crippen LogP contribution is 2.28. The second kappa shape index (κ2) is 6.11. The summed E-state index contributed by atoms with van der Waals surface area (Å²) in [7, 11) is 0. The molecule has 1 aromatic heterocycles. The van der Waals surface area contributed by atoms with Crippen LogP contribution in [0, 0.1) is 6.92 Å². The summed E-state index contributed by atoms with van der Waals surface area (Å²) in [6, 6.07) is 12.4. The molecule has 0 spiro atoms. The second-order valence-corrected chi connectivity index (χ2v) is 6.19. The number of rotatable bonds is 2. The van der Waals surface area contributed by atoms with Crippen molar-refractivity contribution in [3.05, 3.63) is 64.7 Å². The number of aryl methyl sites for hydroxylation is 1. The molecule has 2 aromatic carbocycles. The third-order valence-corrected chi connectivity index (χ3v) is 4.43.